The molecule has 1 aromatic carbocycles. The van der Waals surface area contributed by atoms with Gasteiger partial charge in [0.25, 0.3) is 0 Å². The molecule has 1 amide bonds. The molecule has 106 valence electrons. The molecule has 0 aromatic heterocycles. The third-order valence-electron chi connectivity index (χ3n) is 3.18. The summed E-state index contributed by atoms with van der Waals surface area (Å²) in [5.74, 6) is -0.0738. The lowest BCUT2D eigenvalue weighted by Gasteiger charge is -2.14. The van der Waals surface area contributed by atoms with Crippen molar-refractivity contribution in [2.75, 3.05) is 13.2 Å². The maximum absolute atomic E-state index is 11.9. The molecular formula is C15H24N2O2. The second kappa shape index (κ2) is 8.67. The highest BCUT2D eigenvalue weighted by atomic mass is 16.5. The van der Waals surface area contributed by atoms with Gasteiger partial charge in [-0.05, 0) is 24.5 Å². The Morgan fingerprint density at radius 3 is 2.58 bits per heavy atom. The summed E-state index contributed by atoms with van der Waals surface area (Å²) in [5, 5.41) is 2.94. The number of hydrogen-bond donors (Lipinski definition) is 2. The van der Waals surface area contributed by atoms with Crippen LogP contribution in [0.25, 0.3) is 0 Å². The number of rotatable bonds is 8. The van der Waals surface area contributed by atoms with Crippen molar-refractivity contribution >= 4 is 5.91 Å². The minimum absolute atomic E-state index is 0.0243. The third-order valence-corrected chi connectivity index (χ3v) is 3.18. The number of amides is 1. The molecule has 0 fully saturated rings. The Morgan fingerprint density at radius 1 is 1.32 bits per heavy atom. The molecule has 1 unspecified atom stereocenters. The third kappa shape index (κ3) is 5.01. The standard InChI is InChI=1S/C15H24N2O2/c1-3-12(9-16)15(18)17-10-13-7-5-6-8-14(13)11-19-4-2/h5-8,12H,3-4,9-11,16H2,1-2H3,(H,17,18). The Kier molecular flexibility index (Phi) is 7.15. The second-order valence-electron chi connectivity index (χ2n) is 4.46. The van der Waals surface area contributed by atoms with E-state index in [1.54, 1.807) is 0 Å². The summed E-state index contributed by atoms with van der Waals surface area (Å²) in [5.41, 5.74) is 7.78. The summed E-state index contributed by atoms with van der Waals surface area (Å²) in [7, 11) is 0. The Bertz CT molecular complexity index is 389. The molecule has 3 N–H and O–H groups in total. The van der Waals surface area contributed by atoms with Gasteiger partial charge in [0.2, 0.25) is 5.91 Å². The molecule has 0 spiro atoms. The van der Waals surface area contributed by atoms with E-state index < -0.39 is 0 Å². The van der Waals surface area contributed by atoms with Crippen LogP contribution in [0, 0.1) is 5.92 Å². The fourth-order valence-corrected chi connectivity index (χ4v) is 1.87. The maximum Gasteiger partial charge on any atom is 0.224 e. The van der Waals surface area contributed by atoms with Crippen LogP contribution in [0.2, 0.25) is 0 Å². The minimum Gasteiger partial charge on any atom is -0.377 e. The highest BCUT2D eigenvalue weighted by Gasteiger charge is 2.14. The summed E-state index contributed by atoms with van der Waals surface area (Å²) >= 11 is 0. The van der Waals surface area contributed by atoms with E-state index in [2.05, 4.69) is 5.32 Å². The smallest absolute Gasteiger partial charge is 0.224 e. The minimum atomic E-state index is -0.0981. The lowest BCUT2D eigenvalue weighted by molar-refractivity contribution is -0.124. The van der Waals surface area contributed by atoms with Crippen molar-refractivity contribution in [3.63, 3.8) is 0 Å². The van der Waals surface area contributed by atoms with Crippen molar-refractivity contribution in [1.82, 2.24) is 5.32 Å². The Hall–Kier alpha value is -1.39. The first-order chi connectivity index (χ1) is 9.22. The van der Waals surface area contributed by atoms with Gasteiger partial charge in [-0.15, -0.1) is 0 Å². The van der Waals surface area contributed by atoms with Gasteiger partial charge in [-0.2, -0.15) is 0 Å². The van der Waals surface area contributed by atoms with Crippen molar-refractivity contribution in [1.29, 1.82) is 0 Å². The van der Waals surface area contributed by atoms with Gasteiger partial charge in [0.15, 0.2) is 0 Å². The lowest BCUT2D eigenvalue weighted by Crippen LogP contribution is -2.34. The number of ether oxygens (including phenoxy) is 1. The van der Waals surface area contributed by atoms with Gasteiger partial charge in [0.05, 0.1) is 6.61 Å². The zero-order valence-electron chi connectivity index (χ0n) is 11.8. The molecule has 4 nitrogen and oxygen atoms in total. The van der Waals surface area contributed by atoms with Crippen molar-refractivity contribution < 1.29 is 9.53 Å². The average Bonchev–Trinajstić information content (AvgIpc) is 2.45. The predicted molar refractivity (Wildman–Crippen MR) is 76.5 cm³/mol. The first kappa shape index (κ1) is 15.7. The van der Waals surface area contributed by atoms with Crippen molar-refractivity contribution in [2.24, 2.45) is 11.7 Å². The summed E-state index contributed by atoms with van der Waals surface area (Å²) in [4.78, 5) is 11.9. The summed E-state index contributed by atoms with van der Waals surface area (Å²) < 4.78 is 5.42. The van der Waals surface area contributed by atoms with Crippen LogP contribution < -0.4 is 11.1 Å². The Balaban J connectivity index is 2.59. The van der Waals surface area contributed by atoms with E-state index in [1.165, 1.54) is 0 Å². The van der Waals surface area contributed by atoms with Gasteiger partial charge in [-0.25, -0.2) is 0 Å². The molecule has 0 saturated carbocycles. The van der Waals surface area contributed by atoms with Gasteiger partial charge >= 0.3 is 0 Å². The molecule has 0 saturated heterocycles. The largest absolute Gasteiger partial charge is 0.377 e. The lowest BCUT2D eigenvalue weighted by atomic mass is 10.1. The van der Waals surface area contributed by atoms with Gasteiger partial charge in [-0.3, -0.25) is 4.79 Å². The predicted octanol–water partition coefficient (Wildman–Crippen LogP) is 1.82. The van der Waals surface area contributed by atoms with Crippen LogP contribution in [0.5, 0.6) is 0 Å². The molecule has 0 aliphatic rings. The first-order valence-electron chi connectivity index (χ1n) is 6.85. The SMILES string of the molecule is CCOCc1ccccc1CNC(=O)C(CC)CN. The number of nitrogens with one attached hydrogen (secondary N) is 1. The van der Waals surface area contributed by atoms with Crippen molar-refractivity contribution in [3.05, 3.63) is 35.4 Å². The average molecular weight is 264 g/mol. The van der Waals surface area contributed by atoms with Gasteiger partial charge in [0.1, 0.15) is 0 Å². The Labute approximate surface area is 115 Å². The van der Waals surface area contributed by atoms with Crippen molar-refractivity contribution in [3.8, 4) is 0 Å². The number of benzene rings is 1. The van der Waals surface area contributed by atoms with E-state index >= 15 is 0 Å². The summed E-state index contributed by atoms with van der Waals surface area (Å²) in [6.07, 6.45) is 0.767. The van der Waals surface area contributed by atoms with Crippen LogP contribution in [0.4, 0.5) is 0 Å². The molecule has 19 heavy (non-hydrogen) atoms. The van der Waals surface area contributed by atoms with Gasteiger partial charge in [0, 0.05) is 25.6 Å². The molecule has 0 radical (unpaired) electrons. The number of hydrogen-bond acceptors (Lipinski definition) is 3. The van der Waals surface area contributed by atoms with E-state index in [1.807, 2.05) is 38.1 Å². The topological polar surface area (TPSA) is 64.3 Å². The highest BCUT2D eigenvalue weighted by molar-refractivity contribution is 5.78. The van der Waals surface area contributed by atoms with Crippen LogP contribution >= 0.6 is 0 Å². The summed E-state index contributed by atoms with van der Waals surface area (Å²) in [6.45, 7) is 6.13. The molecule has 0 aliphatic carbocycles. The maximum atomic E-state index is 11.9. The molecule has 4 heteroatoms. The van der Waals surface area contributed by atoms with Crippen LogP contribution in [-0.4, -0.2) is 19.1 Å². The number of carbonyl (C=O) groups is 1. The van der Waals surface area contributed by atoms with E-state index in [0.717, 1.165) is 17.5 Å². The zero-order chi connectivity index (χ0) is 14.1. The molecule has 0 bridgehead atoms. The van der Waals surface area contributed by atoms with E-state index in [9.17, 15) is 4.79 Å². The normalized spacial score (nSPS) is 12.2. The fourth-order valence-electron chi connectivity index (χ4n) is 1.87. The Morgan fingerprint density at radius 2 is 2.00 bits per heavy atom. The molecule has 0 heterocycles. The molecule has 0 aliphatic heterocycles. The number of carbonyl (C=O) groups excluding carboxylic acids is 1. The molecule has 1 aromatic rings. The number of nitrogens with two attached hydrogens (primary N) is 1. The fraction of sp³-hybridized carbons (Fsp3) is 0.533. The first-order valence-corrected chi connectivity index (χ1v) is 6.85. The van der Waals surface area contributed by atoms with Crippen molar-refractivity contribution in [2.45, 2.75) is 33.4 Å². The monoisotopic (exact) mass is 264 g/mol. The van der Waals surface area contributed by atoms with Crippen LogP contribution in [0.3, 0.4) is 0 Å². The quantitative estimate of drug-likeness (QED) is 0.753. The molecular weight excluding hydrogens is 240 g/mol. The highest BCUT2D eigenvalue weighted by Crippen LogP contribution is 2.10. The summed E-state index contributed by atoms with van der Waals surface area (Å²) in [6, 6.07) is 7.99. The van der Waals surface area contributed by atoms with Gasteiger partial charge < -0.3 is 15.8 Å². The second-order valence-corrected chi connectivity index (χ2v) is 4.46. The van der Waals surface area contributed by atoms with E-state index in [0.29, 0.717) is 26.3 Å². The molecule has 1 atom stereocenters. The van der Waals surface area contributed by atoms with Crippen LogP contribution in [-0.2, 0) is 22.7 Å². The van der Waals surface area contributed by atoms with E-state index in [-0.39, 0.29) is 11.8 Å². The van der Waals surface area contributed by atoms with E-state index in [4.69, 9.17) is 10.5 Å². The van der Waals surface area contributed by atoms with Gasteiger partial charge in [-0.1, -0.05) is 31.2 Å². The van der Waals surface area contributed by atoms with Crippen LogP contribution in [0.1, 0.15) is 31.4 Å². The zero-order valence-corrected chi connectivity index (χ0v) is 11.8. The van der Waals surface area contributed by atoms with Crippen LogP contribution in [0.15, 0.2) is 24.3 Å². The molecule has 1 rings (SSSR count).